The maximum Gasteiger partial charge on any atom is 0.0942 e. The predicted octanol–water partition coefficient (Wildman–Crippen LogP) is 3.55. The molecule has 1 aliphatic heterocycles. The van der Waals surface area contributed by atoms with Gasteiger partial charge in [-0.2, -0.15) is 0 Å². The van der Waals surface area contributed by atoms with Crippen molar-refractivity contribution < 1.29 is 5.11 Å². The van der Waals surface area contributed by atoms with Gasteiger partial charge in [0.25, 0.3) is 0 Å². The average molecular weight is 261 g/mol. The van der Waals surface area contributed by atoms with Gasteiger partial charge in [0.2, 0.25) is 0 Å². The molecule has 2 rings (SSSR count). The van der Waals surface area contributed by atoms with Crippen molar-refractivity contribution in [2.24, 2.45) is 0 Å². The summed E-state index contributed by atoms with van der Waals surface area (Å²) in [5, 5.41) is 10.6. The van der Waals surface area contributed by atoms with Crippen LogP contribution in [0.2, 0.25) is 0 Å². The highest BCUT2D eigenvalue weighted by Gasteiger charge is 2.37. The van der Waals surface area contributed by atoms with Gasteiger partial charge in [-0.15, -0.1) is 0 Å². The molecule has 0 amide bonds. The third-order valence-corrected chi connectivity index (χ3v) is 4.64. The number of hydrogen-bond acceptors (Lipinski definition) is 2. The van der Waals surface area contributed by atoms with E-state index in [1.807, 2.05) is 0 Å². The van der Waals surface area contributed by atoms with Crippen LogP contribution in [0.25, 0.3) is 0 Å². The predicted molar refractivity (Wildman–Crippen MR) is 80.3 cm³/mol. The first-order chi connectivity index (χ1) is 8.95. The third-order valence-electron chi connectivity index (χ3n) is 4.64. The Morgan fingerprint density at radius 3 is 2.37 bits per heavy atom. The van der Waals surface area contributed by atoms with Crippen molar-refractivity contribution in [3.05, 3.63) is 35.4 Å². The molecule has 19 heavy (non-hydrogen) atoms. The molecule has 0 aliphatic carbocycles. The number of likely N-dealkylation sites (tertiary alicyclic amines) is 1. The van der Waals surface area contributed by atoms with Crippen molar-refractivity contribution in [2.45, 2.75) is 64.6 Å². The van der Waals surface area contributed by atoms with Crippen molar-refractivity contribution in [1.82, 2.24) is 4.90 Å². The quantitative estimate of drug-likeness (QED) is 0.896. The standard InChI is InChI=1S/C17H27NO/c1-5-14-7-9-15(10-8-14)16(19)13(2)18-12-6-11-17(18,3)4/h7-10,13,16,19H,5-6,11-12H2,1-4H3. The zero-order valence-electron chi connectivity index (χ0n) is 12.7. The van der Waals surface area contributed by atoms with Crippen molar-refractivity contribution in [3.63, 3.8) is 0 Å². The van der Waals surface area contributed by atoms with E-state index in [4.69, 9.17) is 0 Å². The fourth-order valence-electron chi connectivity index (χ4n) is 3.28. The van der Waals surface area contributed by atoms with Crippen LogP contribution in [0.15, 0.2) is 24.3 Å². The second-order valence-corrected chi connectivity index (χ2v) is 6.39. The summed E-state index contributed by atoms with van der Waals surface area (Å²) >= 11 is 0. The number of aliphatic hydroxyl groups is 1. The molecule has 0 bridgehead atoms. The maximum atomic E-state index is 10.6. The van der Waals surface area contributed by atoms with Gasteiger partial charge >= 0.3 is 0 Å². The van der Waals surface area contributed by atoms with E-state index in [0.29, 0.717) is 0 Å². The molecule has 1 saturated heterocycles. The van der Waals surface area contributed by atoms with Crippen molar-refractivity contribution in [1.29, 1.82) is 0 Å². The largest absolute Gasteiger partial charge is 0.387 e. The zero-order valence-corrected chi connectivity index (χ0v) is 12.7. The second-order valence-electron chi connectivity index (χ2n) is 6.39. The maximum absolute atomic E-state index is 10.6. The van der Waals surface area contributed by atoms with Crippen molar-refractivity contribution >= 4 is 0 Å². The number of rotatable bonds is 4. The van der Waals surface area contributed by atoms with Crippen LogP contribution in [-0.4, -0.2) is 28.1 Å². The number of aliphatic hydroxyl groups excluding tert-OH is 1. The monoisotopic (exact) mass is 261 g/mol. The van der Waals surface area contributed by atoms with E-state index in [-0.39, 0.29) is 11.6 Å². The van der Waals surface area contributed by atoms with Crippen LogP contribution < -0.4 is 0 Å². The van der Waals surface area contributed by atoms with E-state index in [2.05, 4.69) is 56.9 Å². The summed E-state index contributed by atoms with van der Waals surface area (Å²) in [7, 11) is 0. The minimum atomic E-state index is -0.400. The Morgan fingerprint density at radius 1 is 1.26 bits per heavy atom. The van der Waals surface area contributed by atoms with E-state index in [1.165, 1.54) is 18.4 Å². The van der Waals surface area contributed by atoms with E-state index >= 15 is 0 Å². The highest BCUT2D eigenvalue weighted by Crippen LogP contribution is 2.34. The summed E-state index contributed by atoms with van der Waals surface area (Å²) in [6.45, 7) is 9.96. The average Bonchev–Trinajstić information content (AvgIpc) is 2.77. The normalized spacial score (nSPS) is 22.4. The Bertz CT molecular complexity index is 410. The van der Waals surface area contributed by atoms with Gasteiger partial charge in [-0.25, -0.2) is 0 Å². The highest BCUT2D eigenvalue weighted by atomic mass is 16.3. The molecule has 0 spiro atoms. The van der Waals surface area contributed by atoms with Gasteiger partial charge in [0.15, 0.2) is 0 Å². The molecule has 2 nitrogen and oxygen atoms in total. The second kappa shape index (κ2) is 5.64. The van der Waals surface area contributed by atoms with Crippen LogP contribution in [0.5, 0.6) is 0 Å². The first-order valence-electron chi connectivity index (χ1n) is 7.49. The zero-order chi connectivity index (χ0) is 14.0. The molecule has 1 aromatic carbocycles. The fourth-order valence-corrected chi connectivity index (χ4v) is 3.28. The van der Waals surface area contributed by atoms with Crippen LogP contribution >= 0.6 is 0 Å². The molecular formula is C17H27NO. The lowest BCUT2D eigenvalue weighted by atomic mass is 9.96. The summed E-state index contributed by atoms with van der Waals surface area (Å²) in [6, 6.07) is 8.57. The minimum absolute atomic E-state index is 0.171. The van der Waals surface area contributed by atoms with Gasteiger partial charge in [-0.05, 0) is 57.7 Å². The van der Waals surface area contributed by atoms with Crippen LogP contribution in [0.1, 0.15) is 57.8 Å². The molecule has 0 saturated carbocycles. The lowest BCUT2D eigenvalue weighted by Gasteiger charge is -2.39. The van der Waals surface area contributed by atoms with Gasteiger partial charge in [-0.3, -0.25) is 4.90 Å². The molecule has 0 aromatic heterocycles. The highest BCUT2D eigenvalue weighted by molar-refractivity contribution is 5.25. The molecule has 1 N–H and O–H groups in total. The molecule has 2 heteroatoms. The Kier molecular flexibility index (Phi) is 4.32. The first-order valence-corrected chi connectivity index (χ1v) is 7.49. The fraction of sp³-hybridized carbons (Fsp3) is 0.647. The third kappa shape index (κ3) is 3.01. The number of hydrogen-bond donors (Lipinski definition) is 1. The van der Waals surface area contributed by atoms with Crippen LogP contribution in [-0.2, 0) is 6.42 Å². The lowest BCUT2D eigenvalue weighted by Crippen LogP contribution is -2.46. The summed E-state index contributed by atoms with van der Waals surface area (Å²) in [4.78, 5) is 2.45. The molecule has 106 valence electrons. The SMILES string of the molecule is CCc1ccc(C(O)C(C)N2CCCC2(C)C)cc1. The van der Waals surface area contributed by atoms with E-state index in [1.54, 1.807) is 0 Å². The van der Waals surface area contributed by atoms with Crippen LogP contribution in [0.3, 0.4) is 0 Å². The van der Waals surface area contributed by atoms with Gasteiger partial charge in [0.1, 0.15) is 0 Å². The number of benzene rings is 1. The summed E-state index contributed by atoms with van der Waals surface area (Å²) in [6.07, 6.45) is 3.10. The number of aryl methyl sites for hydroxylation is 1. The van der Waals surface area contributed by atoms with Gasteiger partial charge in [0, 0.05) is 11.6 Å². The summed E-state index contributed by atoms with van der Waals surface area (Å²) in [5.41, 5.74) is 2.57. The Morgan fingerprint density at radius 2 is 1.89 bits per heavy atom. The molecule has 1 aromatic rings. The molecule has 2 atom stereocenters. The van der Waals surface area contributed by atoms with E-state index in [0.717, 1.165) is 18.5 Å². The van der Waals surface area contributed by atoms with E-state index in [9.17, 15) is 5.11 Å². The van der Waals surface area contributed by atoms with Crippen molar-refractivity contribution in [2.75, 3.05) is 6.54 Å². The summed E-state index contributed by atoms with van der Waals surface area (Å²) in [5.74, 6) is 0. The van der Waals surface area contributed by atoms with Crippen LogP contribution in [0.4, 0.5) is 0 Å². The van der Waals surface area contributed by atoms with Crippen molar-refractivity contribution in [3.8, 4) is 0 Å². The molecule has 2 unspecified atom stereocenters. The smallest absolute Gasteiger partial charge is 0.0942 e. The summed E-state index contributed by atoms with van der Waals surface area (Å²) < 4.78 is 0. The molecular weight excluding hydrogens is 234 g/mol. The van der Waals surface area contributed by atoms with Crippen LogP contribution in [0, 0.1) is 0 Å². The van der Waals surface area contributed by atoms with Gasteiger partial charge in [-0.1, -0.05) is 31.2 Å². The molecule has 1 aliphatic rings. The molecule has 0 radical (unpaired) electrons. The minimum Gasteiger partial charge on any atom is -0.387 e. The molecule has 1 fully saturated rings. The lowest BCUT2D eigenvalue weighted by molar-refractivity contribution is 0.0239. The Balaban J connectivity index is 2.11. The molecule has 1 heterocycles. The number of nitrogens with zero attached hydrogens (tertiary/aromatic N) is 1. The first kappa shape index (κ1) is 14.5. The Labute approximate surface area is 117 Å². The van der Waals surface area contributed by atoms with Gasteiger partial charge < -0.3 is 5.11 Å². The Hall–Kier alpha value is -0.860. The van der Waals surface area contributed by atoms with Gasteiger partial charge in [0.05, 0.1) is 6.10 Å². The van der Waals surface area contributed by atoms with E-state index < -0.39 is 6.10 Å². The topological polar surface area (TPSA) is 23.5 Å².